The molecule has 4 radical (unpaired) electrons. The molecule has 0 atom stereocenters. The molecule has 0 fully saturated rings. The second kappa shape index (κ2) is 11.7. The summed E-state index contributed by atoms with van der Waals surface area (Å²) in [6, 6.07) is 0. The van der Waals surface area contributed by atoms with Crippen LogP contribution in [-0.2, 0) is 9.13 Å². The van der Waals surface area contributed by atoms with Gasteiger partial charge < -0.3 is 19.6 Å². The molecule has 0 aromatic rings. The average molecular weight is 365 g/mol. The molecule has 9 heteroatoms. The first kappa shape index (κ1) is 16.5. The zero-order valence-electron chi connectivity index (χ0n) is 3.84. The maximum absolute atomic E-state index is 8.48. The van der Waals surface area contributed by atoms with Crippen LogP contribution in [0, 0.1) is 0 Å². The molecule has 0 aliphatic carbocycles. The van der Waals surface area contributed by atoms with Crippen LogP contribution in [0.5, 0.6) is 0 Å². The Balaban J connectivity index is -0.0000000720. The predicted octanol–water partition coefficient (Wildman–Crippen LogP) is -3.65. The van der Waals surface area contributed by atoms with Crippen LogP contribution >= 0.6 is 16.5 Å². The summed E-state index contributed by atoms with van der Waals surface area (Å²) in [5, 5.41) is 0. The van der Waals surface area contributed by atoms with E-state index in [0.717, 1.165) is 0 Å². The van der Waals surface area contributed by atoms with Crippen molar-refractivity contribution < 1.29 is 28.7 Å². The summed E-state index contributed by atoms with van der Waals surface area (Å²) in [5.74, 6) is 0. The van der Waals surface area contributed by atoms with Crippen molar-refractivity contribution in [3.05, 3.63) is 0 Å². The molecule has 0 aromatic carbocycles. The number of rotatable bonds is 0. The fourth-order valence-electron chi connectivity index (χ4n) is 0. The van der Waals surface area contributed by atoms with Crippen molar-refractivity contribution in [2.45, 2.75) is 0 Å². The SMILES string of the molecule is O=[P+]([O-])[O-].O=[P+]([O-])[O-].[Pb]. The summed E-state index contributed by atoms with van der Waals surface area (Å²) >= 11 is 0. The Labute approximate surface area is 72.6 Å². The summed E-state index contributed by atoms with van der Waals surface area (Å²) in [6.45, 7) is 0. The molecule has 6 nitrogen and oxygen atoms in total. The molecule has 0 saturated heterocycles. The molecule has 0 aliphatic heterocycles. The molecule has 0 spiro atoms. The Bertz CT molecular complexity index is 69.1. The topological polar surface area (TPSA) is 126 Å². The quantitative estimate of drug-likeness (QED) is 0.322. The van der Waals surface area contributed by atoms with Gasteiger partial charge in [-0.15, -0.1) is 0 Å². The Morgan fingerprint density at radius 1 is 0.778 bits per heavy atom. The fourth-order valence-corrected chi connectivity index (χ4v) is 0. The third-order valence-electron chi connectivity index (χ3n) is 0. The van der Waals surface area contributed by atoms with Gasteiger partial charge in [-0.05, 0) is 0 Å². The molecule has 0 bridgehead atoms. The number of hydrogen-bond donors (Lipinski definition) is 0. The van der Waals surface area contributed by atoms with Gasteiger partial charge in [0.05, 0.1) is 0 Å². The maximum Gasteiger partial charge on any atom is 0.276 e. The Morgan fingerprint density at radius 2 is 0.778 bits per heavy atom. The Kier molecular flexibility index (Phi) is 21.5. The van der Waals surface area contributed by atoms with E-state index < -0.39 is 16.5 Å². The molecule has 9 heavy (non-hydrogen) atoms. The zero-order valence-corrected chi connectivity index (χ0v) is 9.52. The van der Waals surface area contributed by atoms with Crippen molar-refractivity contribution >= 4 is 43.8 Å². The van der Waals surface area contributed by atoms with E-state index >= 15 is 0 Å². The van der Waals surface area contributed by atoms with Gasteiger partial charge in [-0.25, -0.2) is 0 Å². The third-order valence-corrected chi connectivity index (χ3v) is 0. The summed E-state index contributed by atoms with van der Waals surface area (Å²) in [7, 11) is -6.74. The molecular formula is O6P2Pb-2. The van der Waals surface area contributed by atoms with E-state index in [0.29, 0.717) is 0 Å². The molecule has 0 unspecified atom stereocenters. The van der Waals surface area contributed by atoms with Crippen molar-refractivity contribution in [1.29, 1.82) is 0 Å². The van der Waals surface area contributed by atoms with Gasteiger partial charge in [-0.2, -0.15) is 0 Å². The summed E-state index contributed by atoms with van der Waals surface area (Å²) in [4.78, 5) is 33.9. The maximum atomic E-state index is 8.48. The van der Waals surface area contributed by atoms with Gasteiger partial charge in [0.15, 0.2) is 0 Å². The van der Waals surface area contributed by atoms with Crippen LogP contribution in [0.15, 0.2) is 0 Å². The normalized spacial score (nSPS) is 5.78. The van der Waals surface area contributed by atoms with Crippen molar-refractivity contribution in [2.75, 3.05) is 0 Å². The minimum absolute atomic E-state index is 0. The minimum atomic E-state index is -3.37. The van der Waals surface area contributed by atoms with Crippen molar-refractivity contribution in [3.63, 3.8) is 0 Å². The molecule has 0 rings (SSSR count). The van der Waals surface area contributed by atoms with Gasteiger partial charge >= 0.3 is 0 Å². The van der Waals surface area contributed by atoms with Gasteiger partial charge in [0.25, 0.3) is 16.5 Å². The van der Waals surface area contributed by atoms with E-state index in [9.17, 15) is 0 Å². The molecule has 0 N–H and O–H groups in total. The largest absolute Gasteiger partial charge is 0.598 e. The van der Waals surface area contributed by atoms with E-state index in [-0.39, 0.29) is 27.3 Å². The molecule has 0 heterocycles. The predicted molar refractivity (Wildman–Crippen MR) is 21.0 cm³/mol. The third kappa shape index (κ3) is 469. The van der Waals surface area contributed by atoms with Crippen molar-refractivity contribution in [3.8, 4) is 0 Å². The van der Waals surface area contributed by atoms with Gasteiger partial charge in [0.2, 0.25) is 0 Å². The second-order valence-corrected chi connectivity index (χ2v) is 1.34. The van der Waals surface area contributed by atoms with Crippen molar-refractivity contribution in [1.82, 2.24) is 0 Å². The van der Waals surface area contributed by atoms with Gasteiger partial charge in [-0.1, -0.05) is 9.13 Å². The van der Waals surface area contributed by atoms with Crippen LogP contribution < -0.4 is 19.6 Å². The fraction of sp³-hybridized carbons (Fsp3) is 0. The first-order chi connectivity index (χ1) is 3.46. The van der Waals surface area contributed by atoms with E-state index in [1.807, 2.05) is 0 Å². The van der Waals surface area contributed by atoms with Crippen LogP contribution in [0.25, 0.3) is 0 Å². The van der Waals surface area contributed by atoms with Crippen LogP contribution in [0.2, 0.25) is 0 Å². The van der Waals surface area contributed by atoms with E-state index in [1.54, 1.807) is 0 Å². The monoisotopic (exact) mass is 366 g/mol. The standard InChI is InChI=1S/2HO3P.Pb/c2*1-4(2)3;/h2*(H,1,2,3);/p-2. The van der Waals surface area contributed by atoms with Gasteiger partial charge in [0.1, 0.15) is 0 Å². The van der Waals surface area contributed by atoms with Crippen molar-refractivity contribution in [2.24, 2.45) is 0 Å². The van der Waals surface area contributed by atoms with E-state index in [1.165, 1.54) is 0 Å². The molecule has 0 saturated carbocycles. The molecule has 0 amide bonds. The van der Waals surface area contributed by atoms with Gasteiger partial charge in [-0.3, -0.25) is 0 Å². The second-order valence-electron chi connectivity index (χ2n) is 0.447. The van der Waals surface area contributed by atoms with E-state index in [4.69, 9.17) is 28.7 Å². The first-order valence-corrected chi connectivity index (χ1v) is 3.29. The summed E-state index contributed by atoms with van der Waals surface area (Å²) < 4.78 is 17.0. The van der Waals surface area contributed by atoms with Crippen LogP contribution in [-0.4, -0.2) is 27.3 Å². The average Bonchev–Trinajstić information content (AvgIpc) is 1.25. The molecular weight excluding hydrogens is 365 g/mol. The molecule has 52 valence electrons. The van der Waals surface area contributed by atoms with E-state index in [2.05, 4.69) is 0 Å². The van der Waals surface area contributed by atoms with Crippen LogP contribution in [0.1, 0.15) is 0 Å². The van der Waals surface area contributed by atoms with Crippen LogP contribution in [0.4, 0.5) is 0 Å². The van der Waals surface area contributed by atoms with Crippen LogP contribution in [0.3, 0.4) is 0 Å². The molecule has 0 aliphatic rings. The Hall–Kier alpha value is 0.962. The first-order valence-electron chi connectivity index (χ1n) is 1.10. The Morgan fingerprint density at radius 3 is 0.778 bits per heavy atom. The summed E-state index contributed by atoms with van der Waals surface area (Å²) in [5.41, 5.74) is 0. The molecule has 0 aromatic heterocycles. The summed E-state index contributed by atoms with van der Waals surface area (Å²) in [6.07, 6.45) is 0. The minimum Gasteiger partial charge on any atom is -0.598 e. The van der Waals surface area contributed by atoms with Gasteiger partial charge in [0, 0.05) is 27.3 Å². The smallest absolute Gasteiger partial charge is 0.276 e. The number of hydrogen-bond acceptors (Lipinski definition) is 6. The zero-order chi connectivity index (χ0) is 7.15.